The van der Waals surface area contributed by atoms with Crippen molar-refractivity contribution in [3.63, 3.8) is 0 Å². The molecule has 1 aliphatic heterocycles. The van der Waals surface area contributed by atoms with Crippen molar-refractivity contribution >= 4 is 34.6 Å². The average molecular weight is 487 g/mol. The van der Waals surface area contributed by atoms with Crippen LogP contribution in [-0.2, 0) is 0 Å². The van der Waals surface area contributed by atoms with Crippen molar-refractivity contribution in [1.29, 1.82) is 0 Å². The van der Waals surface area contributed by atoms with Crippen LogP contribution in [0.4, 0.5) is 5.69 Å². The van der Waals surface area contributed by atoms with Crippen LogP contribution in [0.5, 0.6) is 0 Å². The van der Waals surface area contributed by atoms with E-state index in [0.717, 1.165) is 39.0 Å². The van der Waals surface area contributed by atoms with Crippen LogP contribution in [0.15, 0.2) is 72.9 Å². The van der Waals surface area contributed by atoms with Crippen LogP contribution in [0, 0.1) is 27.7 Å². The third-order valence-electron chi connectivity index (χ3n) is 6.68. The van der Waals surface area contributed by atoms with Gasteiger partial charge in [-0.25, -0.2) is 0 Å². The Morgan fingerprint density at radius 1 is 0.941 bits per heavy atom. The molecule has 1 saturated heterocycles. The summed E-state index contributed by atoms with van der Waals surface area (Å²) >= 11 is 12.4. The van der Waals surface area contributed by atoms with Gasteiger partial charge in [-0.2, -0.15) is 0 Å². The van der Waals surface area contributed by atoms with Crippen molar-refractivity contribution < 1.29 is 0 Å². The monoisotopic (exact) mass is 486 g/mol. The number of anilines is 1. The van der Waals surface area contributed by atoms with Gasteiger partial charge in [-0.15, -0.1) is 0 Å². The molecule has 3 heterocycles. The molecule has 5 rings (SSSR count). The minimum absolute atomic E-state index is 0.0513. The molecule has 4 aromatic rings. The fraction of sp³-hybridized carbons (Fsp3) is 0.214. The van der Waals surface area contributed by atoms with Gasteiger partial charge in [0.05, 0.1) is 17.8 Å². The first-order chi connectivity index (χ1) is 16.4. The van der Waals surface area contributed by atoms with Crippen LogP contribution >= 0.6 is 23.8 Å². The van der Waals surface area contributed by atoms with Crippen molar-refractivity contribution in [2.75, 3.05) is 4.90 Å². The number of pyridine rings is 1. The predicted octanol–water partition coefficient (Wildman–Crippen LogP) is 6.94. The average Bonchev–Trinajstić information content (AvgIpc) is 3.32. The minimum Gasteiger partial charge on any atom is -0.351 e. The smallest absolute Gasteiger partial charge is 0.174 e. The number of hydrogen-bond acceptors (Lipinski definition) is 2. The zero-order chi connectivity index (χ0) is 24.0. The third-order valence-corrected chi connectivity index (χ3v) is 7.40. The number of halogens is 1. The van der Waals surface area contributed by atoms with Crippen molar-refractivity contribution in [3.05, 3.63) is 112 Å². The van der Waals surface area contributed by atoms with Gasteiger partial charge in [-0.3, -0.25) is 4.98 Å². The van der Waals surface area contributed by atoms with E-state index in [4.69, 9.17) is 23.8 Å². The Bertz CT molecular complexity index is 1360. The molecule has 4 nitrogen and oxygen atoms in total. The van der Waals surface area contributed by atoms with E-state index >= 15 is 0 Å². The molecule has 2 aromatic heterocycles. The first-order valence-corrected chi connectivity index (χ1v) is 12.2. The second kappa shape index (κ2) is 8.90. The molecule has 0 unspecified atom stereocenters. The van der Waals surface area contributed by atoms with Crippen LogP contribution in [0.1, 0.15) is 45.9 Å². The molecule has 1 N–H and O–H groups in total. The fourth-order valence-corrected chi connectivity index (χ4v) is 5.47. The molecule has 1 fully saturated rings. The summed E-state index contributed by atoms with van der Waals surface area (Å²) < 4.78 is 2.29. The highest BCUT2D eigenvalue weighted by Gasteiger charge is 2.42. The summed E-state index contributed by atoms with van der Waals surface area (Å²) in [5.74, 6) is 0. The first kappa shape index (κ1) is 22.6. The van der Waals surface area contributed by atoms with Crippen molar-refractivity contribution in [3.8, 4) is 5.69 Å². The number of benzene rings is 2. The summed E-state index contributed by atoms with van der Waals surface area (Å²) in [4.78, 5) is 6.91. The molecule has 172 valence electrons. The summed E-state index contributed by atoms with van der Waals surface area (Å²) in [5, 5.41) is 5.03. The summed E-state index contributed by atoms with van der Waals surface area (Å²) in [5.41, 5.74) is 8.93. The molecular weight excluding hydrogens is 460 g/mol. The number of hydrogen-bond donors (Lipinski definition) is 1. The largest absolute Gasteiger partial charge is 0.351 e. The molecule has 0 radical (unpaired) electrons. The van der Waals surface area contributed by atoms with E-state index in [1.807, 2.05) is 30.5 Å². The van der Waals surface area contributed by atoms with Gasteiger partial charge in [-0.1, -0.05) is 41.4 Å². The Morgan fingerprint density at radius 2 is 1.71 bits per heavy atom. The number of nitrogens with one attached hydrogen (secondary N) is 1. The standard InChI is InChI=1S/C28H27ClN4S/c1-17-11-13-21(14-12-17)33-27(26(31-28(33)34)24-9-5-6-15-30-24)22-16-18(2)32(20(22)4)25-10-7-8-23(29)19(25)3/h5-16,26-27H,1-4H3,(H,31,34)/t26-,27-/m0/s1. The van der Waals surface area contributed by atoms with Gasteiger partial charge in [-0.05, 0) is 93.5 Å². The SMILES string of the molecule is Cc1ccc(N2C(=S)N[C@@H](c3ccccn3)[C@@H]2c2cc(C)n(-c3cccc(Cl)c3C)c2C)cc1. The van der Waals surface area contributed by atoms with Crippen molar-refractivity contribution in [2.45, 2.75) is 39.8 Å². The molecule has 2 aromatic carbocycles. The summed E-state index contributed by atoms with van der Waals surface area (Å²) in [7, 11) is 0. The van der Waals surface area contributed by atoms with Crippen LogP contribution in [0.2, 0.25) is 5.02 Å². The van der Waals surface area contributed by atoms with E-state index in [9.17, 15) is 0 Å². The highest BCUT2D eigenvalue weighted by atomic mass is 35.5. The lowest BCUT2D eigenvalue weighted by molar-refractivity contribution is 0.565. The van der Waals surface area contributed by atoms with Crippen LogP contribution in [0.3, 0.4) is 0 Å². The maximum atomic E-state index is 6.48. The van der Waals surface area contributed by atoms with E-state index in [-0.39, 0.29) is 12.1 Å². The Balaban J connectivity index is 1.70. The van der Waals surface area contributed by atoms with Gasteiger partial charge in [0.2, 0.25) is 0 Å². The van der Waals surface area contributed by atoms with E-state index in [2.05, 4.69) is 89.9 Å². The number of nitrogens with zero attached hydrogens (tertiary/aromatic N) is 3. The molecule has 1 aliphatic rings. The zero-order valence-electron chi connectivity index (χ0n) is 19.7. The van der Waals surface area contributed by atoms with Gasteiger partial charge in [0.1, 0.15) is 0 Å². The Kier molecular flexibility index (Phi) is 5.92. The van der Waals surface area contributed by atoms with Gasteiger partial charge >= 0.3 is 0 Å². The maximum absolute atomic E-state index is 6.48. The third kappa shape index (κ3) is 3.79. The molecule has 2 atom stereocenters. The Morgan fingerprint density at radius 3 is 2.41 bits per heavy atom. The first-order valence-electron chi connectivity index (χ1n) is 11.4. The lowest BCUT2D eigenvalue weighted by Gasteiger charge is -2.28. The van der Waals surface area contributed by atoms with E-state index in [0.29, 0.717) is 5.11 Å². The second-order valence-corrected chi connectivity index (χ2v) is 9.67. The highest BCUT2D eigenvalue weighted by molar-refractivity contribution is 7.80. The fourth-order valence-electron chi connectivity index (χ4n) is 4.95. The quantitative estimate of drug-likeness (QED) is 0.317. The summed E-state index contributed by atoms with van der Waals surface area (Å²) in [6.07, 6.45) is 1.84. The number of aryl methyl sites for hydroxylation is 2. The molecule has 6 heteroatoms. The van der Waals surface area contributed by atoms with Crippen LogP contribution < -0.4 is 10.2 Å². The number of rotatable bonds is 4. The molecule has 0 aliphatic carbocycles. The lowest BCUT2D eigenvalue weighted by Crippen LogP contribution is -2.29. The number of aromatic nitrogens is 2. The van der Waals surface area contributed by atoms with E-state index in [1.165, 1.54) is 11.1 Å². The van der Waals surface area contributed by atoms with E-state index < -0.39 is 0 Å². The normalized spacial score (nSPS) is 17.8. The lowest BCUT2D eigenvalue weighted by atomic mass is 9.96. The van der Waals surface area contributed by atoms with Crippen LogP contribution in [0.25, 0.3) is 5.69 Å². The van der Waals surface area contributed by atoms with E-state index in [1.54, 1.807) is 0 Å². The van der Waals surface area contributed by atoms with Crippen molar-refractivity contribution in [2.24, 2.45) is 0 Å². The Hall–Kier alpha value is -3.15. The van der Waals surface area contributed by atoms with Gasteiger partial charge in [0, 0.05) is 34.0 Å². The number of thiocarbonyl (C=S) groups is 1. The van der Waals surface area contributed by atoms with Crippen molar-refractivity contribution in [1.82, 2.24) is 14.9 Å². The molecule has 0 spiro atoms. The summed E-state index contributed by atoms with van der Waals surface area (Å²) in [6, 6.07) is 22.8. The molecule has 34 heavy (non-hydrogen) atoms. The molecule has 0 bridgehead atoms. The Labute approximate surface area is 211 Å². The van der Waals surface area contributed by atoms with Gasteiger partial charge in [0.15, 0.2) is 5.11 Å². The maximum Gasteiger partial charge on any atom is 0.174 e. The van der Waals surface area contributed by atoms with Gasteiger partial charge in [0.25, 0.3) is 0 Å². The zero-order valence-corrected chi connectivity index (χ0v) is 21.3. The summed E-state index contributed by atoms with van der Waals surface area (Å²) in [6.45, 7) is 8.48. The highest BCUT2D eigenvalue weighted by Crippen LogP contribution is 2.44. The van der Waals surface area contributed by atoms with Crippen LogP contribution in [-0.4, -0.2) is 14.7 Å². The minimum atomic E-state index is -0.0792. The van der Waals surface area contributed by atoms with Gasteiger partial charge < -0.3 is 14.8 Å². The molecule has 0 amide bonds. The molecular formula is C28H27ClN4S. The predicted molar refractivity (Wildman–Crippen MR) is 144 cm³/mol. The topological polar surface area (TPSA) is 33.1 Å². The second-order valence-electron chi connectivity index (χ2n) is 8.88. The molecule has 0 saturated carbocycles.